The number of anilines is 1. The van der Waals surface area contributed by atoms with Crippen molar-refractivity contribution in [2.24, 2.45) is 0 Å². The third-order valence-corrected chi connectivity index (χ3v) is 3.25. The van der Waals surface area contributed by atoms with Gasteiger partial charge in [-0.2, -0.15) is 13.2 Å². The van der Waals surface area contributed by atoms with Crippen molar-refractivity contribution in [2.45, 2.75) is 12.7 Å². The summed E-state index contributed by atoms with van der Waals surface area (Å²) in [5, 5.41) is 10.9. The zero-order valence-corrected chi connectivity index (χ0v) is 9.29. The number of rotatable bonds is 3. The van der Waals surface area contributed by atoms with Crippen molar-refractivity contribution in [3.63, 3.8) is 0 Å². The highest BCUT2D eigenvalue weighted by molar-refractivity contribution is 7.15. The first-order valence-corrected chi connectivity index (χ1v) is 5.78. The van der Waals surface area contributed by atoms with E-state index in [0.29, 0.717) is 17.9 Å². The summed E-state index contributed by atoms with van der Waals surface area (Å²) in [6.45, 7) is 0.351. The fourth-order valence-electron chi connectivity index (χ4n) is 0.901. The summed E-state index contributed by atoms with van der Waals surface area (Å²) < 4.78 is 36.6. The minimum atomic E-state index is -4.43. The maximum Gasteiger partial charge on any atom is 0.445 e. The second kappa shape index (κ2) is 4.34. The molecule has 0 saturated carbocycles. The molecule has 4 nitrogen and oxygen atoms in total. The number of halogens is 3. The molecule has 0 spiro atoms. The first-order valence-electron chi connectivity index (χ1n) is 4.08. The normalized spacial score (nSPS) is 11.7. The predicted molar refractivity (Wildman–Crippen MR) is 54.4 cm³/mol. The average Bonchev–Trinajstić information content (AvgIpc) is 2.85. The van der Waals surface area contributed by atoms with Crippen molar-refractivity contribution in [2.75, 3.05) is 5.32 Å². The molecular weight excluding hydrogens is 261 g/mol. The first kappa shape index (κ1) is 11.3. The summed E-state index contributed by atoms with van der Waals surface area (Å²) in [5.74, 6) is 0. The Balaban J connectivity index is 1.98. The van der Waals surface area contributed by atoms with Gasteiger partial charge in [-0.1, -0.05) is 11.3 Å². The van der Waals surface area contributed by atoms with Crippen LogP contribution in [0.15, 0.2) is 11.6 Å². The van der Waals surface area contributed by atoms with Crippen molar-refractivity contribution in [1.82, 2.24) is 15.2 Å². The monoisotopic (exact) mass is 266 g/mol. The smallest absolute Gasteiger partial charge is 0.354 e. The van der Waals surface area contributed by atoms with Crippen LogP contribution in [0.2, 0.25) is 0 Å². The van der Waals surface area contributed by atoms with E-state index in [-0.39, 0.29) is 5.13 Å². The molecule has 2 aromatic rings. The molecule has 9 heteroatoms. The second-order valence-corrected chi connectivity index (χ2v) is 4.65. The lowest BCUT2D eigenvalue weighted by molar-refractivity contribution is -0.138. The van der Waals surface area contributed by atoms with E-state index in [4.69, 9.17) is 0 Å². The summed E-state index contributed by atoms with van der Waals surface area (Å²) in [4.78, 5) is 3.98. The van der Waals surface area contributed by atoms with Crippen molar-refractivity contribution < 1.29 is 13.2 Å². The van der Waals surface area contributed by atoms with Crippen molar-refractivity contribution >= 4 is 27.8 Å². The van der Waals surface area contributed by atoms with Gasteiger partial charge in [-0.3, -0.25) is 0 Å². The molecule has 0 aliphatic heterocycles. The van der Waals surface area contributed by atoms with Crippen LogP contribution in [-0.4, -0.2) is 15.2 Å². The maximum absolute atomic E-state index is 12.2. The Kier molecular flexibility index (Phi) is 3.06. The fraction of sp³-hybridized carbons (Fsp3) is 0.286. The average molecular weight is 266 g/mol. The van der Waals surface area contributed by atoms with Gasteiger partial charge in [0.2, 0.25) is 10.1 Å². The van der Waals surface area contributed by atoms with Crippen LogP contribution in [0.25, 0.3) is 0 Å². The molecular formula is C7H5F3N4S2. The Hall–Kier alpha value is -1.22. The van der Waals surface area contributed by atoms with E-state index < -0.39 is 11.2 Å². The van der Waals surface area contributed by atoms with E-state index in [1.807, 2.05) is 0 Å². The van der Waals surface area contributed by atoms with Gasteiger partial charge in [-0.05, 0) is 0 Å². The third-order valence-electron chi connectivity index (χ3n) is 1.54. The molecule has 0 bridgehead atoms. The number of alkyl halides is 3. The fourth-order valence-corrected chi connectivity index (χ4v) is 2.06. The number of nitrogens with one attached hydrogen (secondary N) is 1. The number of aromatic nitrogens is 3. The zero-order valence-electron chi connectivity index (χ0n) is 7.65. The Morgan fingerprint density at radius 2 is 2.12 bits per heavy atom. The van der Waals surface area contributed by atoms with Crippen molar-refractivity contribution in [1.29, 1.82) is 0 Å². The van der Waals surface area contributed by atoms with Gasteiger partial charge >= 0.3 is 6.18 Å². The van der Waals surface area contributed by atoms with Crippen LogP contribution in [0.5, 0.6) is 0 Å². The predicted octanol–water partition coefficient (Wildman–Crippen LogP) is 2.63. The molecule has 0 atom stereocenters. The molecule has 0 aliphatic rings. The molecule has 2 heterocycles. The van der Waals surface area contributed by atoms with E-state index >= 15 is 0 Å². The molecule has 2 aromatic heterocycles. The van der Waals surface area contributed by atoms with Crippen LogP contribution in [0.1, 0.15) is 10.0 Å². The summed E-state index contributed by atoms with van der Waals surface area (Å²) in [5.41, 5.74) is 0. The van der Waals surface area contributed by atoms with Gasteiger partial charge in [0.25, 0.3) is 0 Å². The molecule has 0 amide bonds. The summed E-state index contributed by atoms with van der Waals surface area (Å²) in [6.07, 6.45) is -2.80. The van der Waals surface area contributed by atoms with Gasteiger partial charge in [0.1, 0.15) is 5.01 Å². The molecule has 0 fully saturated rings. The van der Waals surface area contributed by atoms with E-state index in [1.54, 1.807) is 11.6 Å². The lowest BCUT2D eigenvalue weighted by Crippen LogP contribution is -2.03. The van der Waals surface area contributed by atoms with Crippen LogP contribution in [0.3, 0.4) is 0 Å². The Morgan fingerprint density at radius 3 is 2.69 bits per heavy atom. The summed E-state index contributed by atoms with van der Waals surface area (Å²) in [6, 6.07) is 0. The summed E-state index contributed by atoms with van der Waals surface area (Å²) in [7, 11) is 0. The van der Waals surface area contributed by atoms with Gasteiger partial charge in [-0.25, -0.2) is 4.98 Å². The van der Waals surface area contributed by atoms with Crippen molar-refractivity contribution in [3.05, 3.63) is 21.6 Å². The van der Waals surface area contributed by atoms with Gasteiger partial charge in [0.05, 0.1) is 6.54 Å². The largest absolute Gasteiger partial charge is 0.445 e. The molecule has 0 radical (unpaired) electrons. The van der Waals surface area contributed by atoms with Gasteiger partial charge in [-0.15, -0.1) is 21.5 Å². The minimum absolute atomic E-state index is 0.141. The van der Waals surface area contributed by atoms with Gasteiger partial charge in [0, 0.05) is 11.6 Å². The topological polar surface area (TPSA) is 50.7 Å². The van der Waals surface area contributed by atoms with E-state index in [0.717, 1.165) is 5.01 Å². The minimum Gasteiger partial charge on any atom is -0.354 e. The highest BCUT2D eigenvalue weighted by Crippen LogP contribution is 2.33. The standard InChI is InChI=1S/C7H5F3N4S2/c8-7(9,10)5-13-14-6(16-5)12-3-4-11-1-2-15-4/h1-2H,3H2,(H,12,14). The highest BCUT2D eigenvalue weighted by atomic mass is 32.1. The number of hydrogen-bond acceptors (Lipinski definition) is 6. The molecule has 0 aromatic carbocycles. The van der Waals surface area contributed by atoms with Crippen molar-refractivity contribution in [3.8, 4) is 0 Å². The Labute approximate surface area is 96.2 Å². The lowest BCUT2D eigenvalue weighted by Gasteiger charge is -1.98. The van der Waals surface area contributed by atoms with Crippen LogP contribution >= 0.6 is 22.7 Å². The molecule has 0 unspecified atom stereocenters. The van der Waals surface area contributed by atoms with Crippen LogP contribution in [0, 0.1) is 0 Å². The second-order valence-electron chi connectivity index (χ2n) is 2.69. The molecule has 0 aliphatic carbocycles. The molecule has 1 N–H and O–H groups in total. The molecule has 86 valence electrons. The SMILES string of the molecule is FC(F)(F)c1nnc(NCc2nccs2)s1. The number of thiazole rings is 1. The van der Waals surface area contributed by atoms with Crippen LogP contribution < -0.4 is 5.32 Å². The lowest BCUT2D eigenvalue weighted by atomic mass is 10.7. The van der Waals surface area contributed by atoms with E-state index in [2.05, 4.69) is 20.5 Å². The summed E-state index contributed by atoms with van der Waals surface area (Å²) >= 11 is 1.90. The zero-order chi connectivity index (χ0) is 11.6. The molecule has 16 heavy (non-hydrogen) atoms. The van der Waals surface area contributed by atoms with Crippen LogP contribution in [0.4, 0.5) is 18.3 Å². The third kappa shape index (κ3) is 2.67. The maximum atomic E-state index is 12.2. The number of hydrogen-bond donors (Lipinski definition) is 1. The Bertz CT molecular complexity index is 450. The number of nitrogens with zero attached hydrogens (tertiary/aromatic N) is 3. The Morgan fingerprint density at radius 1 is 1.31 bits per heavy atom. The highest BCUT2D eigenvalue weighted by Gasteiger charge is 2.35. The molecule has 0 saturated heterocycles. The van der Waals surface area contributed by atoms with E-state index in [1.165, 1.54) is 11.3 Å². The van der Waals surface area contributed by atoms with Crippen LogP contribution in [-0.2, 0) is 12.7 Å². The molecule has 2 rings (SSSR count). The quantitative estimate of drug-likeness (QED) is 0.927. The van der Waals surface area contributed by atoms with Gasteiger partial charge < -0.3 is 5.32 Å². The van der Waals surface area contributed by atoms with E-state index in [9.17, 15) is 13.2 Å². The van der Waals surface area contributed by atoms with Gasteiger partial charge in [0.15, 0.2) is 0 Å². The first-order chi connectivity index (χ1) is 7.55.